The Morgan fingerprint density at radius 2 is 1.54 bits per heavy atom. The Hall–Kier alpha value is -2.89. The summed E-state index contributed by atoms with van der Waals surface area (Å²) >= 11 is 0. The number of methoxy groups -OCH3 is 1. The number of para-hydroxylation sites is 1. The molecule has 1 aromatic heterocycles. The van der Waals surface area contributed by atoms with E-state index in [1.54, 1.807) is 13.2 Å². The van der Waals surface area contributed by atoms with Crippen molar-refractivity contribution in [2.45, 2.75) is 18.5 Å². The highest BCUT2D eigenvalue weighted by Crippen LogP contribution is 2.49. The van der Waals surface area contributed by atoms with E-state index in [0.717, 1.165) is 27.2 Å². The molecule has 1 aliphatic rings. The summed E-state index contributed by atoms with van der Waals surface area (Å²) in [5.41, 5.74) is 2.58. The molecule has 5 nitrogen and oxygen atoms in total. The maximum Gasteiger partial charge on any atom is 0.186 e. The molecule has 2 aromatic carbocycles. The van der Waals surface area contributed by atoms with E-state index < -0.39 is 18.5 Å². The Morgan fingerprint density at radius 3 is 2.31 bits per heavy atom. The molecule has 1 saturated heterocycles. The number of rotatable bonds is 4. The first-order valence-electron chi connectivity index (χ1n) is 8.44. The van der Waals surface area contributed by atoms with E-state index in [9.17, 15) is 5.21 Å². The van der Waals surface area contributed by atoms with Gasteiger partial charge in [0.2, 0.25) is 0 Å². The van der Waals surface area contributed by atoms with Gasteiger partial charge in [0.15, 0.2) is 18.7 Å². The highest BCUT2D eigenvalue weighted by Gasteiger charge is 2.41. The van der Waals surface area contributed by atoms with Crippen LogP contribution in [-0.4, -0.2) is 7.11 Å². The second-order valence-corrected chi connectivity index (χ2v) is 6.10. The lowest BCUT2D eigenvalue weighted by atomic mass is 9.99. The number of nitrogens with zero attached hydrogens (tertiary/aromatic N) is 1. The van der Waals surface area contributed by atoms with Crippen LogP contribution in [0.5, 0.6) is 5.75 Å². The van der Waals surface area contributed by atoms with Crippen molar-refractivity contribution in [1.82, 2.24) is 0 Å². The average Bonchev–Trinajstić information content (AvgIpc) is 3.14. The van der Waals surface area contributed by atoms with Crippen LogP contribution in [-0.2, 0) is 9.47 Å². The molecule has 1 fully saturated rings. The first-order valence-corrected chi connectivity index (χ1v) is 8.44. The molecule has 132 valence electrons. The molecule has 0 aliphatic carbocycles. The molecule has 3 unspecified atom stereocenters. The topological polar surface area (TPSA) is 54.6 Å². The number of hydrogen-bond acceptors (Lipinski definition) is 4. The monoisotopic (exact) mass is 349 g/mol. The van der Waals surface area contributed by atoms with Gasteiger partial charge in [0.05, 0.1) is 7.11 Å². The van der Waals surface area contributed by atoms with Crippen LogP contribution in [0.4, 0.5) is 0 Å². The largest absolute Gasteiger partial charge is 0.619 e. The summed E-state index contributed by atoms with van der Waals surface area (Å²) in [6.45, 7) is 0. The lowest BCUT2D eigenvalue weighted by Crippen LogP contribution is -2.26. The van der Waals surface area contributed by atoms with E-state index >= 15 is 0 Å². The molecule has 26 heavy (non-hydrogen) atoms. The minimum atomic E-state index is -0.517. The Labute approximate surface area is 152 Å². The molecule has 0 spiro atoms. The summed E-state index contributed by atoms with van der Waals surface area (Å²) in [5, 5.41) is 11.8. The summed E-state index contributed by atoms with van der Waals surface area (Å²) < 4.78 is 18.8. The van der Waals surface area contributed by atoms with Crippen molar-refractivity contribution in [2.75, 3.05) is 7.11 Å². The molecule has 2 heterocycles. The molecule has 0 bridgehead atoms. The summed E-state index contributed by atoms with van der Waals surface area (Å²) in [6.07, 6.45) is 1.64. The first-order chi connectivity index (χ1) is 12.8. The third kappa shape index (κ3) is 3.14. The van der Waals surface area contributed by atoms with E-state index in [-0.39, 0.29) is 0 Å². The third-order valence-corrected chi connectivity index (χ3v) is 4.46. The number of pyridine rings is 1. The van der Waals surface area contributed by atoms with Crippen LogP contribution in [0.1, 0.15) is 35.2 Å². The molecular weight excluding hydrogens is 330 g/mol. The van der Waals surface area contributed by atoms with Gasteiger partial charge in [-0.25, -0.2) is 0 Å². The van der Waals surface area contributed by atoms with Gasteiger partial charge in [0.25, 0.3) is 0 Å². The zero-order chi connectivity index (χ0) is 17.9. The van der Waals surface area contributed by atoms with E-state index in [4.69, 9.17) is 14.2 Å². The van der Waals surface area contributed by atoms with E-state index in [1.165, 1.54) is 12.4 Å². The lowest BCUT2D eigenvalue weighted by molar-refractivity contribution is -0.606. The molecule has 4 rings (SSSR count). The lowest BCUT2D eigenvalue weighted by Gasteiger charge is -2.19. The predicted octanol–water partition coefficient (Wildman–Crippen LogP) is 3.86. The minimum absolute atomic E-state index is 0.390. The van der Waals surface area contributed by atoms with Crippen LogP contribution in [0.15, 0.2) is 79.1 Å². The van der Waals surface area contributed by atoms with Crippen molar-refractivity contribution in [3.63, 3.8) is 0 Å². The number of benzene rings is 2. The van der Waals surface area contributed by atoms with Gasteiger partial charge in [-0.2, -0.15) is 4.73 Å². The highest BCUT2D eigenvalue weighted by atomic mass is 16.7. The molecule has 0 N–H and O–H groups in total. The maximum atomic E-state index is 11.8. The van der Waals surface area contributed by atoms with Crippen molar-refractivity contribution in [3.05, 3.63) is 101 Å². The molecular formula is C21H19NO4. The molecule has 3 aromatic rings. The van der Waals surface area contributed by atoms with Gasteiger partial charge in [0, 0.05) is 22.8 Å². The van der Waals surface area contributed by atoms with Crippen LogP contribution in [0, 0.1) is 5.21 Å². The molecule has 3 atom stereocenters. The van der Waals surface area contributed by atoms with Crippen molar-refractivity contribution in [3.8, 4) is 5.75 Å². The fraction of sp³-hybridized carbons (Fsp3) is 0.190. The maximum absolute atomic E-state index is 11.8. The Bertz CT molecular complexity index is 884. The predicted molar refractivity (Wildman–Crippen MR) is 95.2 cm³/mol. The van der Waals surface area contributed by atoms with Crippen molar-refractivity contribution < 1.29 is 18.9 Å². The quantitative estimate of drug-likeness (QED) is 0.530. The molecule has 0 amide bonds. The summed E-state index contributed by atoms with van der Waals surface area (Å²) in [6, 6.07) is 21.1. The molecule has 5 heteroatoms. The van der Waals surface area contributed by atoms with Gasteiger partial charge in [-0.15, -0.1) is 0 Å². The van der Waals surface area contributed by atoms with E-state index in [2.05, 4.69) is 0 Å². The molecule has 0 saturated carbocycles. The molecule has 1 aliphatic heterocycles. The van der Waals surface area contributed by atoms with E-state index in [1.807, 2.05) is 60.7 Å². The van der Waals surface area contributed by atoms with Gasteiger partial charge in [-0.1, -0.05) is 48.5 Å². The fourth-order valence-corrected chi connectivity index (χ4v) is 3.24. The van der Waals surface area contributed by atoms with Crippen molar-refractivity contribution >= 4 is 0 Å². The van der Waals surface area contributed by atoms with Crippen LogP contribution < -0.4 is 9.47 Å². The zero-order valence-corrected chi connectivity index (χ0v) is 14.3. The fourth-order valence-electron chi connectivity index (χ4n) is 3.24. The second kappa shape index (κ2) is 7.15. The van der Waals surface area contributed by atoms with Crippen LogP contribution in [0.2, 0.25) is 0 Å². The minimum Gasteiger partial charge on any atom is -0.619 e. The van der Waals surface area contributed by atoms with Gasteiger partial charge < -0.3 is 19.4 Å². The van der Waals surface area contributed by atoms with E-state index in [0.29, 0.717) is 0 Å². The van der Waals surface area contributed by atoms with Gasteiger partial charge in [-0.05, 0) is 12.1 Å². The number of hydrogen-bond donors (Lipinski definition) is 0. The Balaban J connectivity index is 1.75. The SMILES string of the molecule is COc1ccccc1C1OC(c2ccccc2)OC1c1ccc[n+]([O-])c1. The smallest absolute Gasteiger partial charge is 0.186 e. The first kappa shape index (κ1) is 16.6. The number of aromatic nitrogens is 1. The summed E-state index contributed by atoms with van der Waals surface area (Å²) in [7, 11) is 1.63. The average molecular weight is 349 g/mol. The van der Waals surface area contributed by atoms with Crippen molar-refractivity contribution in [2.24, 2.45) is 0 Å². The van der Waals surface area contributed by atoms with Crippen LogP contribution in [0.25, 0.3) is 0 Å². The Morgan fingerprint density at radius 1 is 0.846 bits per heavy atom. The second-order valence-electron chi connectivity index (χ2n) is 6.10. The van der Waals surface area contributed by atoms with Gasteiger partial charge >= 0.3 is 0 Å². The Kier molecular flexibility index (Phi) is 4.56. The van der Waals surface area contributed by atoms with Gasteiger partial charge in [-0.3, -0.25) is 0 Å². The third-order valence-electron chi connectivity index (χ3n) is 4.46. The van der Waals surface area contributed by atoms with Crippen LogP contribution in [0.3, 0.4) is 0 Å². The van der Waals surface area contributed by atoms with Crippen LogP contribution >= 0.6 is 0 Å². The molecule has 0 radical (unpaired) electrons. The summed E-state index contributed by atoms with van der Waals surface area (Å²) in [4.78, 5) is 0. The zero-order valence-electron chi connectivity index (χ0n) is 14.3. The van der Waals surface area contributed by atoms with Gasteiger partial charge in [0.1, 0.15) is 18.0 Å². The number of ether oxygens (including phenoxy) is 3. The summed E-state index contributed by atoms with van der Waals surface area (Å²) in [5.74, 6) is 0.728. The van der Waals surface area contributed by atoms with Crippen molar-refractivity contribution in [1.29, 1.82) is 0 Å². The standard InChI is InChI=1S/C21H19NO4/c1-24-18-12-6-5-11-17(18)20-19(16-10-7-13-22(23)14-16)25-21(26-20)15-8-3-2-4-9-15/h2-14,19-21H,1H3. The highest BCUT2D eigenvalue weighted by molar-refractivity contribution is 5.37. The normalized spacial score (nSPS) is 22.3.